The minimum absolute atomic E-state index is 0.00478. The standard InChI is InChI=1S/C41H38N4O21S6/c1-19(2)25-7-5-21(39(46)42-29-9-11-33(69(55,56)57)27-15-23(67(49,50)51)17-35(37(27)29)71(61,62)63)13-31(25)44-41(48)45-32-14-22(6-8-26(32)20(3)4)40(47)43-30-10-12-34(70(58,59)60)28-16-24(68(52,53)54)18-36(38(28)30)72(64,65)66/h5-20H,1-4H3,(H,42,46)(H,43,47)(H2,44,45,48)(H,49,50,51)(H,52,53,54)(H,55,56,57)(H,58,59,60)(H,61,62,63)(H,64,65,66). The van der Waals surface area contributed by atoms with E-state index in [1.54, 1.807) is 27.7 Å². The van der Waals surface area contributed by atoms with Crippen LogP contribution in [0.15, 0.2) is 114 Å². The van der Waals surface area contributed by atoms with Crippen molar-refractivity contribution in [2.75, 3.05) is 21.3 Å². The lowest BCUT2D eigenvalue weighted by molar-refractivity contribution is 0.101. The van der Waals surface area contributed by atoms with Crippen LogP contribution in [0.3, 0.4) is 0 Å². The van der Waals surface area contributed by atoms with Gasteiger partial charge in [0.05, 0.1) is 21.2 Å². The van der Waals surface area contributed by atoms with Crippen molar-refractivity contribution in [1.29, 1.82) is 0 Å². The third-order valence-corrected chi connectivity index (χ3v) is 15.8. The lowest BCUT2D eigenvalue weighted by Gasteiger charge is -2.19. The molecule has 6 aromatic carbocycles. The molecule has 0 spiro atoms. The van der Waals surface area contributed by atoms with Crippen molar-refractivity contribution in [2.45, 2.75) is 68.9 Å². The number of carbonyl (C=O) groups is 3. The molecular formula is C41H38N4O21S6. The fourth-order valence-corrected chi connectivity index (χ4v) is 11.5. The Morgan fingerprint density at radius 1 is 0.375 bits per heavy atom. The molecule has 4 amide bonds. The number of fused-ring (bicyclic) bond motifs is 2. The summed E-state index contributed by atoms with van der Waals surface area (Å²) in [5.74, 6) is -2.80. The average molecular weight is 1120 g/mol. The fourth-order valence-electron chi connectivity index (χ4n) is 7.44. The van der Waals surface area contributed by atoms with Gasteiger partial charge in [-0.25, -0.2) is 4.79 Å². The maximum atomic E-state index is 13.8. The highest BCUT2D eigenvalue weighted by Gasteiger charge is 2.30. The van der Waals surface area contributed by atoms with Gasteiger partial charge in [-0.1, -0.05) is 39.8 Å². The molecule has 6 aromatic rings. The summed E-state index contributed by atoms with van der Waals surface area (Å²) in [5, 5.41) is 6.53. The van der Waals surface area contributed by atoms with Gasteiger partial charge in [-0.2, -0.15) is 50.5 Å². The van der Waals surface area contributed by atoms with Crippen molar-refractivity contribution in [3.8, 4) is 0 Å². The second kappa shape index (κ2) is 19.2. The molecule has 0 aliphatic carbocycles. The minimum atomic E-state index is -5.47. The van der Waals surface area contributed by atoms with Gasteiger partial charge in [-0.3, -0.25) is 36.9 Å². The van der Waals surface area contributed by atoms with Crippen molar-refractivity contribution >= 4 is 123 Å². The van der Waals surface area contributed by atoms with E-state index in [1.165, 1.54) is 36.4 Å². The van der Waals surface area contributed by atoms with Crippen LogP contribution in [0.5, 0.6) is 0 Å². The van der Waals surface area contributed by atoms with Gasteiger partial charge in [-0.05, 0) is 95.8 Å². The molecule has 0 aromatic heterocycles. The minimum Gasteiger partial charge on any atom is -0.321 e. The second-order valence-corrected chi connectivity index (χ2v) is 24.6. The van der Waals surface area contributed by atoms with Gasteiger partial charge in [0.1, 0.15) is 19.6 Å². The number of carbonyl (C=O) groups excluding carboxylic acids is 3. The maximum absolute atomic E-state index is 13.8. The number of amides is 4. The quantitative estimate of drug-likeness (QED) is 0.0570. The van der Waals surface area contributed by atoms with Crippen LogP contribution in [0.25, 0.3) is 21.5 Å². The van der Waals surface area contributed by atoms with Crippen LogP contribution in [0.2, 0.25) is 0 Å². The van der Waals surface area contributed by atoms with E-state index in [0.717, 1.165) is 12.1 Å². The highest BCUT2D eigenvalue weighted by atomic mass is 32.2. The van der Waals surface area contributed by atoms with Crippen LogP contribution < -0.4 is 21.3 Å². The van der Waals surface area contributed by atoms with Crippen LogP contribution in [0, 0.1) is 0 Å². The Morgan fingerprint density at radius 3 is 0.972 bits per heavy atom. The summed E-state index contributed by atoms with van der Waals surface area (Å²) >= 11 is 0. The molecule has 0 aliphatic rings. The van der Waals surface area contributed by atoms with E-state index < -0.39 is 141 Å². The van der Waals surface area contributed by atoms with E-state index in [2.05, 4.69) is 21.3 Å². The Bertz CT molecular complexity index is 3790. The van der Waals surface area contributed by atoms with Crippen molar-refractivity contribution in [1.82, 2.24) is 0 Å². The number of hydrogen-bond donors (Lipinski definition) is 10. The zero-order chi connectivity index (χ0) is 54.0. The van der Waals surface area contributed by atoms with Crippen LogP contribution in [0.4, 0.5) is 27.5 Å². The van der Waals surface area contributed by atoms with Crippen LogP contribution in [-0.4, -0.2) is 95.7 Å². The first-order valence-corrected chi connectivity index (χ1v) is 28.6. The Balaban J connectivity index is 1.36. The molecule has 0 heterocycles. The molecule has 0 saturated heterocycles. The highest BCUT2D eigenvalue weighted by molar-refractivity contribution is 7.88. The summed E-state index contributed by atoms with van der Waals surface area (Å²) < 4.78 is 207. The molecule has 384 valence electrons. The van der Waals surface area contributed by atoms with Gasteiger partial charge in [0.2, 0.25) is 0 Å². The third kappa shape index (κ3) is 11.7. The maximum Gasteiger partial charge on any atom is 0.323 e. The molecule has 25 nitrogen and oxygen atoms in total. The van der Waals surface area contributed by atoms with Crippen molar-refractivity contribution in [2.24, 2.45) is 0 Å². The SMILES string of the molecule is CC(C)c1ccc(C(=O)Nc2ccc(S(=O)(=O)O)c3cc(S(=O)(=O)O)cc(S(=O)(=O)O)c23)cc1NC(=O)Nc1cc(C(=O)Nc2ccc(S(=O)(=O)O)c3cc(S(=O)(=O)O)cc(S(=O)(=O)O)c23)ccc1C(C)C. The molecule has 0 fully saturated rings. The molecule has 0 aliphatic heterocycles. The summed E-state index contributed by atoms with van der Waals surface area (Å²) in [5.41, 5.74) is -0.687. The molecule has 0 bridgehead atoms. The van der Waals surface area contributed by atoms with E-state index >= 15 is 0 Å². The summed E-state index contributed by atoms with van der Waals surface area (Å²) in [4.78, 5) is 34.3. The van der Waals surface area contributed by atoms with E-state index in [9.17, 15) is 92.2 Å². The summed E-state index contributed by atoms with van der Waals surface area (Å²) in [7, 11) is -32.0. The van der Waals surface area contributed by atoms with Gasteiger partial charge in [-0.15, -0.1) is 0 Å². The molecule has 0 atom stereocenters. The normalized spacial score (nSPS) is 12.8. The molecular weight excluding hydrogens is 1080 g/mol. The molecule has 31 heteroatoms. The molecule has 0 unspecified atom stereocenters. The smallest absolute Gasteiger partial charge is 0.321 e. The Hall–Kier alpha value is -6.49. The first-order valence-electron chi connectivity index (χ1n) is 19.9. The number of hydrogen-bond acceptors (Lipinski definition) is 15. The predicted molar refractivity (Wildman–Crippen MR) is 256 cm³/mol. The number of nitrogens with one attached hydrogen (secondary N) is 4. The number of urea groups is 1. The summed E-state index contributed by atoms with van der Waals surface area (Å²) in [6.07, 6.45) is 0. The van der Waals surface area contributed by atoms with Gasteiger partial charge >= 0.3 is 6.03 Å². The van der Waals surface area contributed by atoms with Crippen molar-refractivity contribution < 1.29 is 92.2 Å². The van der Waals surface area contributed by atoms with E-state index in [1.807, 2.05) is 0 Å². The molecule has 0 saturated carbocycles. The van der Waals surface area contributed by atoms with Crippen LogP contribution in [-0.2, 0) is 60.7 Å². The number of benzene rings is 6. The zero-order valence-corrected chi connectivity index (χ0v) is 41.9. The van der Waals surface area contributed by atoms with Gasteiger partial charge in [0.15, 0.2) is 0 Å². The fraction of sp³-hybridized carbons (Fsp3) is 0.146. The van der Waals surface area contributed by atoms with E-state index in [4.69, 9.17) is 0 Å². The van der Waals surface area contributed by atoms with Crippen LogP contribution >= 0.6 is 0 Å². The Morgan fingerprint density at radius 2 is 0.694 bits per heavy atom. The molecule has 10 N–H and O–H groups in total. The third-order valence-electron chi connectivity index (χ3n) is 10.6. The zero-order valence-electron chi connectivity index (χ0n) is 37.0. The Labute approximate surface area is 410 Å². The van der Waals surface area contributed by atoms with Gasteiger partial charge < -0.3 is 21.3 Å². The topological polar surface area (TPSA) is 426 Å². The lowest BCUT2D eigenvalue weighted by atomic mass is 9.98. The lowest BCUT2D eigenvalue weighted by Crippen LogP contribution is -2.23. The molecule has 0 radical (unpaired) electrons. The molecule has 6 rings (SSSR count). The number of anilines is 4. The molecule has 72 heavy (non-hydrogen) atoms. The summed E-state index contributed by atoms with van der Waals surface area (Å²) in [6.45, 7) is 6.90. The van der Waals surface area contributed by atoms with Crippen molar-refractivity contribution in [3.05, 3.63) is 107 Å². The monoisotopic (exact) mass is 1110 g/mol. The average Bonchev–Trinajstić information content (AvgIpc) is 3.23. The highest BCUT2D eigenvalue weighted by Crippen LogP contribution is 2.39. The largest absolute Gasteiger partial charge is 0.323 e. The number of rotatable bonds is 14. The second-order valence-electron chi connectivity index (χ2n) is 16.2. The Kier molecular flexibility index (Phi) is 14.6. The van der Waals surface area contributed by atoms with Crippen LogP contribution in [0.1, 0.15) is 71.4 Å². The predicted octanol–water partition coefficient (Wildman–Crippen LogP) is 5.87. The van der Waals surface area contributed by atoms with Gasteiger partial charge in [0.25, 0.3) is 72.5 Å². The first kappa shape index (κ1) is 54.8. The first-order chi connectivity index (χ1) is 32.9. The van der Waals surface area contributed by atoms with Gasteiger partial charge in [0, 0.05) is 44.0 Å². The summed E-state index contributed by atoms with van der Waals surface area (Å²) in [6, 6.07) is 11.4. The van der Waals surface area contributed by atoms with E-state index in [0.29, 0.717) is 35.4 Å². The van der Waals surface area contributed by atoms with E-state index in [-0.39, 0.29) is 46.5 Å². The van der Waals surface area contributed by atoms with Crippen molar-refractivity contribution in [3.63, 3.8) is 0 Å².